The first-order chi connectivity index (χ1) is 7.27. The second-order valence-corrected chi connectivity index (χ2v) is 3.82. The Hall–Kier alpha value is -0.750. The van der Waals surface area contributed by atoms with Crippen LogP contribution in [0, 0.1) is 0 Å². The highest BCUT2D eigenvalue weighted by Crippen LogP contribution is 2.27. The standard InChI is InChI=1S/C9H12ClF3N2O/c1-3-5-8(10)6(15(2)14-5)4-7(16)9(11,12)13/h7,16H,3-4H2,1-2H3. The zero-order valence-corrected chi connectivity index (χ0v) is 9.60. The molecule has 0 radical (unpaired) electrons. The molecule has 0 saturated heterocycles. The maximum absolute atomic E-state index is 12.2. The first-order valence-electron chi connectivity index (χ1n) is 4.72. The van der Waals surface area contributed by atoms with Crippen molar-refractivity contribution in [3.05, 3.63) is 16.4 Å². The lowest BCUT2D eigenvalue weighted by molar-refractivity contribution is -0.203. The van der Waals surface area contributed by atoms with Crippen LogP contribution in [0.1, 0.15) is 18.3 Å². The summed E-state index contributed by atoms with van der Waals surface area (Å²) in [5.74, 6) is 0. The molecule has 1 rings (SSSR count). The van der Waals surface area contributed by atoms with Crippen LogP contribution in [0.5, 0.6) is 0 Å². The molecule has 3 nitrogen and oxygen atoms in total. The number of aromatic nitrogens is 2. The van der Waals surface area contributed by atoms with Gasteiger partial charge in [0, 0.05) is 13.5 Å². The van der Waals surface area contributed by atoms with E-state index >= 15 is 0 Å². The molecule has 1 aromatic rings. The van der Waals surface area contributed by atoms with E-state index in [1.807, 2.05) is 0 Å². The summed E-state index contributed by atoms with van der Waals surface area (Å²) in [6.07, 6.45) is -7.09. The molecule has 92 valence electrons. The molecule has 0 amide bonds. The molecule has 1 atom stereocenters. The van der Waals surface area contributed by atoms with Crippen LogP contribution < -0.4 is 0 Å². The van der Waals surface area contributed by atoms with Crippen molar-refractivity contribution < 1.29 is 18.3 Å². The third kappa shape index (κ3) is 2.68. The van der Waals surface area contributed by atoms with E-state index in [1.165, 1.54) is 11.7 Å². The predicted octanol–water partition coefficient (Wildman–Crippen LogP) is 2.10. The minimum atomic E-state index is -4.64. The lowest BCUT2D eigenvalue weighted by atomic mass is 10.1. The van der Waals surface area contributed by atoms with E-state index in [2.05, 4.69) is 5.10 Å². The molecule has 0 fully saturated rings. The van der Waals surface area contributed by atoms with E-state index in [0.29, 0.717) is 12.1 Å². The fourth-order valence-corrected chi connectivity index (χ4v) is 1.71. The highest BCUT2D eigenvalue weighted by molar-refractivity contribution is 6.31. The summed E-state index contributed by atoms with van der Waals surface area (Å²) in [4.78, 5) is 0. The Labute approximate surface area is 95.8 Å². The van der Waals surface area contributed by atoms with Crippen LogP contribution in [-0.4, -0.2) is 27.2 Å². The maximum atomic E-state index is 12.2. The molecule has 1 N–H and O–H groups in total. The van der Waals surface area contributed by atoms with Gasteiger partial charge in [0.05, 0.1) is 16.4 Å². The van der Waals surface area contributed by atoms with Crippen LogP contribution in [0.2, 0.25) is 5.02 Å². The van der Waals surface area contributed by atoms with Gasteiger partial charge in [-0.15, -0.1) is 0 Å². The lowest BCUT2D eigenvalue weighted by Gasteiger charge is -2.14. The summed E-state index contributed by atoms with van der Waals surface area (Å²) in [6.45, 7) is 1.80. The van der Waals surface area contributed by atoms with E-state index in [9.17, 15) is 13.2 Å². The van der Waals surface area contributed by atoms with Crippen LogP contribution in [0.15, 0.2) is 0 Å². The number of halogens is 4. The SMILES string of the molecule is CCc1nn(C)c(CC(O)C(F)(F)F)c1Cl. The van der Waals surface area contributed by atoms with Crippen molar-refractivity contribution in [2.24, 2.45) is 7.05 Å². The summed E-state index contributed by atoms with van der Waals surface area (Å²) in [5.41, 5.74) is 0.733. The van der Waals surface area contributed by atoms with Crippen LogP contribution in [0.3, 0.4) is 0 Å². The summed E-state index contributed by atoms with van der Waals surface area (Å²) in [7, 11) is 1.50. The van der Waals surface area contributed by atoms with Gasteiger partial charge in [0.2, 0.25) is 0 Å². The zero-order chi connectivity index (χ0) is 12.5. The third-order valence-electron chi connectivity index (χ3n) is 2.27. The smallest absolute Gasteiger partial charge is 0.383 e. The fourth-order valence-electron chi connectivity index (χ4n) is 1.34. The van der Waals surface area contributed by atoms with Gasteiger partial charge < -0.3 is 5.11 Å². The third-order valence-corrected chi connectivity index (χ3v) is 2.70. The summed E-state index contributed by atoms with van der Waals surface area (Å²) >= 11 is 5.86. The van der Waals surface area contributed by atoms with E-state index in [-0.39, 0.29) is 10.7 Å². The number of aryl methyl sites for hydroxylation is 2. The molecule has 0 aromatic carbocycles. The van der Waals surface area contributed by atoms with Gasteiger partial charge >= 0.3 is 6.18 Å². The number of aliphatic hydroxyl groups excluding tert-OH is 1. The molecule has 0 saturated carbocycles. The van der Waals surface area contributed by atoms with Gasteiger partial charge in [-0.05, 0) is 6.42 Å². The summed E-state index contributed by atoms with van der Waals surface area (Å²) in [6, 6.07) is 0. The number of nitrogens with zero attached hydrogens (tertiary/aromatic N) is 2. The van der Waals surface area contributed by atoms with Crippen molar-refractivity contribution in [3.63, 3.8) is 0 Å². The van der Waals surface area contributed by atoms with Crippen LogP contribution >= 0.6 is 11.6 Å². The van der Waals surface area contributed by atoms with Crippen molar-refractivity contribution in [3.8, 4) is 0 Å². The Bertz CT molecular complexity index is 376. The molecule has 1 unspecified atom stereocenters. The van der Waals surface area contributed by atoms with Gasteiger partial charge in [0.25, 0.3) is 0 Å². The number of rotatable bonds is 3. The van der Waals surface area contributed by atoms with Crippen LogP contribution in [0.25, 0.3) is 0 Å². The quantitative estimate of drug-likeness (QED) is 0.899. The van der Waals surface area contributed by atoms with Crippen LogP contribution in [0.4, 0.5) is 13.2 Å². The highest BCUT2D eigenvalue weighted by atomic mass is 35.5. The molecular formula is C9H12ClF3N2O. The van der Waals surface area contributed by atoms with Gasteiger partial charge in [0.15, 0.2) is 6.10 Å². The molecule has 0 bridgehead atoms. The average molecular weight is 257 g/mol. The van der Waals surface area contributed by atoms with Gasteiger partial charge in [-0.3, -0.25) is 4.68 Å². The van der Waals surface area contributed by atoms with Gasteiger partial charge in [-0.1, -0.05) is 18.5 Å². The predicted molar refractivity (Wildman–Crippen MR) is 53.4 cm³/mol. The molecule has 7 heteroatoms. The zero-order valence-electron chi connectivity index (χ0n) is 8.85. The van der Waals surface area contributed by atoms with Crippen molar-refractivity contribution in [1.82, 2.24) is 9.78 Å². The molecule has 1 heterocycles. The van der Waals surface area contributed by atoms with E-state index in [1.54, 1.807) is 6.92 Å². The minimum absolute atomic E-state index is 0.198. The number of hydrogen-bond acceptors (Lipinski definition) is 2. The van der Waals surface area contributed by atoms with Gasteiger partial charge in [0.1, 0.15) is 0 Å². The molecule has 16 heavy (non-hydrogen) atoms. The largest absolute Gasteiger partial charge is 0.414 e. The fraction of sp³-hybridized carbons (Fsp3) is 0.667. The van der Waals surface area contributed by atoms with Gasteiger partial charge in [-0.25, -0.2) is 0 Å². The summed E-state index contributed by atoms with van der Waals surface area (Å²) < 4.78 is 37.8. The van der Waals surface area contributed by atoms with E-state index in [4.69, 9.17) is 16.7 Å². The first kappa shape index (κ1) is 13.3. The Morgan fingerprint density at radius 3 is 2.44 bits per heavy atom. The second-order valence-electron chi connectivity index (χ2n) is 3.45. The molecular weight excluding hydrogens is 245 g/mol. The van der Waals surface area contributed by atoms with Gasteiger partial charge in [-0.2, -0.15) is 18.3 Å². The molecule has 0 spiro atoms. The Balaban J connectivity index is 2.93. The van der Waals surface area contributed by atoms with Crippen LogP contribution in [-0.2, 0) is 19.9 Å². The molecule has 0 aliphatic rings. The average Bonchev–Trinajstić information content (AvgIpc) is 2.43. The Kier molecular flexibility index (Phi) is 3.85. The Morgan fingerprint density at radius 2 is 2.06 bits per heavy atom. The topological polar surface area (TPSA) is 38.0 Å². The number of hydrogen-bond donors (Lipinski definition) is 1. The highest BCUT2D eigenvalue weighted by Gasteiger charge is 2.39. The van der Waals surface area contributed by atoms with Crippen molar-refractivity contribution >= 4 is 11.6 Å². The summed E-state index contributed by atoms with van der Waals surface area (Å²) in [5, 5.41) is 13.1. The normalized spacial score (nSPS) is 14.2. The molecule has 0 aliphatic carbocycles. The Morgan fingerprint density at radius 1 is 1.50 bits per heavy atom. The van der Waals surface area contributed by atoms with E-state index in [0.717, 1.165) is 0 Å². The van der Waals surface area contributed by atoms with Crippen molar-refractivity contribution in [2.75, 3.05) is 0 Å². The van der Waals surface area contributed by atoms with Crippen molar-refractivity contribution in [2.45, 2.75) is 32.0 Å². The maximum Gasteiger partial charge on any atom is 0.414 e. The first-order valence-corrected chi connectivity index (χ1v) is 5.10. The minimum Gasteiger partial charge on any atom is -0.383 e. The molecule has 0 aliphatic heterocycles. The van der Waals surface area contributed by atoms with Crippen molar-refractivity contribution in [1.29, 1.82) is 0 Å². The number of alkyl halides is 3. The lowest BCUT2D eigenvalue weighted by Crippen LogP contribution is -2.31. The second kappa shape index (κ2) is 4.63. The number of aliphatic hydroxyl groups is 1. The van der Waals surface area contributed by atoms with E-state index < -0.39 is 18.7 Å². The molecule has 1 aromatic heterocycles. The monoisotopic (exact) mass is 256 g/mol.